The van der Waals surface area contributed by atoms with Crippen LogP contribution in [0.3, 0.4) is 0 Å². The van der Waals surface area contributed by atoms with Gasteiger partial charge in [0.25, 0.3) is 0 Å². The first-order valence-corrected chi connectivity index (χ1v) is 19.9. The average Bonchev–Trinajstić information content (AvgIpc) is 3.42. The number of hydrogen-bond donors (Lipinski definition) is 4. The molecule has 4 N–H and O–H groups in total. The van der Waals surface area contributed by atoms with E-state index >= 15 is 0 Å². The Bertz CT molecular complexity index is 1260. The van der Waals surface area contributed by atoms with Crippen LogP contribution in [0.5, 0.6) is 0 Å². The highest BCUT2D eigenvalue weighted by Crippen LogP contribution is 2.48. The van der Waals surface area contributed by atoms with Gasteiger partial charge in [-0.25, -0.2) is 0 Å². The summed E-state index contributed by atoms with van der Waals surface area (Å²) in [5, 5.41) is 45.2. The van der Waals surface area contributed by atoms with Crippen molar-refractivity contribution in [3.8, 4) is 0 Å². The largest absolute Gasteiger partial charge is 0.488 e. The van der Waals surface area contributed by atoms with Gasteiger partial charge in [0.15, 0.2) is 12.6 Å². The molecule has 13 nitrogen and oxygen atoms in total. The summed E-state index contributed by atoms with van der Waals surface area (Å²) in [7, 11) is 1.54. The zero-order valence-corrected chi connectivity index (χ0v) is 34.5. The summed E-state index contributed by atoms with van der Waals surface area (Å²) in [6.07, 6.45) is -5.64. The van der Waals surface area contributed by atoms with Crippen LogP contribution in [0.2, 0.25) is 0 Å². The van der Waals surface area contributed by atoms with E-state index in [1.54, 1.807) is 27.7 Å². The van der Waals surface area contributed by atoms with E-state index in [4.69, 9.17) is 33.2 Å². The second kappa shape index (κ2) is 17.4. The van der Waals surface area contributed by atoms with Crippen molar-refractivity contribution in [2.75, 3.05) is 26.8 Å². The van der Waals surface area contributed by atoms with Gasteiger partial charge in [-0.3, -0.25) is 9.69 Å². The highest BCUT2D eigenvalue weighted by molar-refractivity contribution is 5.73. The van der Waals surface area contributed by atoms with E-state index in [1.807, 2.05) is 41.5 Å². The lowest BCUT2D eigenvalue weighted by molar-refractivity contribution is -0.317. The van der Waals surface area contributed by atoms with Crippen molar-refractivity contribution in [3.63, 3.8) is 0 Å². The monoisotopic (exact) mass is 757 g/mol. The molecule has 13 heteroatoms. The van der Waals surface area contributed by atoms with Gasteiger partial charge in [0.1, 0.15) is 41.4 Å². The molecule has 0 aromatic rings. The highest BCUT2D eigenvalue weighted by atomic mass is 16.7. The van der Waals surface area contributed by atoms with E-state index in [0.717, 1.165) is 18.7 Å². The van der Waals surface area contributed by atoms with Crippen molar-refractivity contribution >= 4 is 5.97 Å². The molecular weight excluding hydrogens is 686 g/mol. The number of rotatable bonds is 12. The zero-order chi connectivity index (χ0) is 39.8. The molecule has 4 aliphatic rings. The van der Waals surface area contributed by atoms with Crippen LogP contribution in [0.1, 0.15) is 109 Å². The maximum Gasteiger partial charge on any atom is 0.311 e. The standard InChI is InChI=1S/C40H71NO12/c1-14-27(20-42)40(12,46)35-23(6)31-21(4)18-39(11,53-31)34(52-37-30(43)28(17-22(5)48-37)41(15-2)16-3)24(7)32(25(8)36(45)51-35)50-29-19-38(10,47-13)33(44)26(9)49-29/h22-30,32-35,37,42-44,46H,14-20H2,1-13H3/t22-,23+,24+,25-,26+,27+,28+,29+,30-,32+,33+,34-,35-,37+,38-,39?,40-/m1/s1. The average molecular weight is 758 g/mol. The molecule has 0 amide bonds. The minimum absolute atomic E-state index is 0.181. The molecule has 53 heavy (non-hydrogen) atoms. The summed E-state index contributed by atoms with van der Waals surface area (Å²) in [6, 6.07) is -0.193. The zero-order valence-electron chi connectivity index (χ0n) is 34.5. The van der Waals surface area contributed by atoms with Gasteiger partial charge in [-0.1, -0.05) is 34.6 Å². The first-order chi connectivity index (χ1) is 24.7. The van der Waals surface area contributed by atoms with Crippen LogP contribution in [0.15, 0.2) is 11.3 Å². The molecule has 4 rings (SSSR count). The topological polar surface area (TPSA) is 166 Å². The fraction of sp³-hybridized carbons (Fsp3) is 0.925. The Morgan fingerprint density at radius 3 is 2.23 bits per heavy atom. The summed E-state index contributed by atoms with van der Waals surface area (Å²) in [5.74, 6) is -2.69. The second-order valence-corrected chi connectivity index (χ2v) is 17.0. The van der Waals surface area contributed by atoms with Gasteiger partial charge < -0.3 is 53.6 Å². The van der Waals surface area contributed by atoms with Crippen molar-refractivity contribution in [2.45, 2.75) is 187 Å². The van der Waals surface area contributed by atoms with Gasteiger partial charge in [0, 0.05) is 44.4 Å². The Labute approximate surface area is 317 Å². The molecular formula is C40H71NO12. The molecule has 2 bridgehead atoms. The van der Waals surface area contributed by atoms with Gasteiger partial charge in [-0.15, -0.1) is 0 Å². The predicted molar refractivity (Wildman–Crippen MR) is 197 cm³/mol. The second-order valence-electron chi connectivity index (χ2n) is 17.0. The van der Waals surface area contributed by atoms with Gasteiger partial charge in [0.05, 0.1) is 35.7 Å². The van der Waals surface area contributed by atoms with Crippen molar-refractivity contribution < 1.29 is 58.4 Å². The minimum Gasteiger partial charge on any atom is -0.488 e. The fourth-order valence-corrected chi connectivity index (χ4v) is 9.62. The number of likely N-dealkylation sites (N-methyl/N-ethyl adjacent to an activating group) is 1. The quantitative estimate of drug-likeness (QED) is 0.212. The summed E-state index contributed by atoms with van der Waals surface area (Å²) in [6.45, 7) is 23.8. The van der Waals surface area contributed by atoms with Crippen molar-refractivity contribution in [3.05, 3.63) is 11.3 Å². The number of esters is 1. The maximum absolute atomic E-state index is 14.4. The van der Waals surface area contributed by atoms with Crippen molar-refractivity contribution in [1.82, 2.24) is 4.90 Å². The van der Waals surface area contributed by atoms with Crippen molar-refractivity contribution in [1.29, 1.82) is 0 Å². The molecule has 3 saturated heterocycles. The van der Waals surface area contributed by atoms with Crippen LogP contribution in [-0.2, 0) is 38.0 Å². The number of aliphatic hydroxyl groups is 4. The Balaban J connectivity index is 1.84. The van der Waals surface area contributed by atoms with E-state index in [0.29, 0.717) is 25.0 Å². The van der Waals surface area contributed by atoms with Crippen LogP contribution in [0, 0.1) is 23.7 Å². The summed E-state index contributed by atoms with van der Waals surface area (Å²) in [5.41, 5.74) is -2.71. The number of nitrogens with zero attached hydrogens (tertiary/aromatic N) is 1. The number of carbonyl (C=O) groups is 1. The first kappa shape index (κ1) is 44.3. The third-order valence-corrected chi connectivity index (χ3v) is 13.0. The molecule has 4 heterocycles. The van der Waals surface area contributed by atoms with E-state index in [2.05, 4.69) is 18.7 Å². The summed E-state index contributed by atoms with van der Waals surface area (Å²) >= 11 is 0. The Morgan fingerprint density at radius 2 is 1.66 bits per heavy atom. The molecule has 1 unspecified atom stereocenters. The van der Waals surface area contributed by atoms with E-state index < -0.39 is 95.6 Å². The predicted octanol–water partition coefficient (Wildman–Crippen LogP) is 3.92. The van der Waals surface area contributed by atoms with Crippen LogP contribution in [0.4, 0.5) is 0 Å². The molecule has 0 aromatic carbocycles. The number of hydrogen-bond acceptors (Lipinski definition) is 13. The van der Waals surface area contributed by atoms with Crippen molar-refractivity contribution in [2.24, 2.45) is 23.7 Å². The van der Waals surface area contributed by atoms with Gasteiger partial charge >= 0.3 is 5.97 Å². The molecule has 3 fully saturated rings. The van der Waals surface area contributed by atoms with Gasteiger partial charge in [0.2, 0.25) is 0 Å². The lowest BCUT2D eigenvalue weighted by atomic mass is 9.76. The summed E-state index contributed by atoms with van der Waals surface area (Å²) in [4.78, 5) is 16.7. The number of aliphatic hydroxyl groups excluding tert-OH is 3. The van der Waals surface area contributed by atoms with E-state index in [1.165, 1.54) is 7.11 Å². The normalized spacial score (nSPS) is 44.6. The number of fused-ring (bicyclic) bond motifs is 2. The number of methoxy groups -OCH3 is 1. The maximum atomic E-state index is 14.4. The SMILES string of the molecule is CC[C@@H](CO)[C@@](C)(O)[C@@H]1OC(=O)[C@H](C)[C@@H](O[C@H]2C[C@@](C)(OC)[C@@H](O)[C@H](C)O2)[C@H](C)[C@@H](O[C@@H]2O[C@H](C)C[C@H](N(CC)CC)[C@H]2O)C2(C)CC(C)=C(O2)[C@@H]1C. The van der Waals surface area contributed by atoms with E-state index in [9.17, 15) is 25.2 Å². The van der Waals surface area contributed by atoms with Gasteiger partial charge in [-0.05, 0) is 80.0 Å². The molecule has 4 aliphatic heterocycles. The molecule has 17 atom stereocenters. The lowest BCUT2D eigenvalue weighted by Crippen LogP contribution is -2.60. The number of carbonyl (C=O) groups excluding carboxylic acids is 1. The van der Waals surface area contributed by atoms with Gasteiger partial charge in [-0.2, -0.15) is 0 Å². The third-order valence-electron chi connectivity index (χ3n) is 13.0. The molecule has 0 aromatic heterocycles. The van der Waals surface area contributed by atoms with E-state index in [-0.39, 0.29) is 25.2 Å². The number of cyclic esters (lactones) is 1. The molecule has 0 aliphatic carbocycles. The lowest BCUT2D eigenvalue weighted by Gasteiger charge is -2.49. The summed E-state index contributed by atoms with van der Waals surface area (Å²) < 4.78 is 45.4. The Kier molecular flexibility index (Phi) is 14.6. The fourth-order valence-electron chi connectivity index (χ4n) is 9.62. The minimum atomic E-state index is -1.62. The Morgan fingerprint density at radius 1 is 1.02 bits per heavy atom. The first-order valence-electron chi connectivity index (χ1n) is 19.9. The van der Waals surface area contributed by atoms with Crippen LogP contribution >= 0.6 is 0 Å². The highest BCUT2D eigenvalue weighted by Gasteiger charge is 2.57. The molecule has 0 saturated carbocycles. The molecule has 308 valence electrons. The number of ether oxygens (including phenoxy) is 7. The van der Waals surface area contributed by atoms with Crippen LogP contribution < -0.4 is 0 Å². The third kappa shape index (κ3) is 8.79. The van der Waals surface area contributed by atoms with Crippen LogP contribution in [-0.4, -0.2) is 136 Å². The molecule has 0 spiro atoms. The Hall–Kier alpha value is -1.39. The van der Waals surface area contributed by atoms with Crippen LogP contribution in [0.25, 0.3) is 0 Å². The smallest absolute Gasteiger partial charge is 0.311 e. The molecule has 0 radical (unpaired) electrons.